The minimum Gasteiger partial charge on any atom is -0.481 e. The largest absolute Gasteiger partial charge is 0.481 e. The van der Waals surface area contributed by atoms with Crippen LogP contribution in [0.2, 0.25) is 0 Å². The fourth-order valence-electron chi connectivity index (χ4n) is 1.88. The predicted molar refractivity (Wildman–Crippen MR) is 85.1 cm³/mol. The quantitative estimate of drug-likeness (QED) is 0.581. The summed E-state index contributed by atoms with van der Waals surface area (Å²) in [5, 5.41) is 9.78. The molecule has 0 radical (unpaired) electrons. The highest BCUT2D eigenvalue weighted by Gasteiger charge is 1.98. The summed E-state index contributed by atoms with van der Waals surface area (Å²) < 4.78 is 0. The van der Waals surface area contributed by atoms with E-state index in [0.29, 0.717) is 6.42 Å². The third-order valence-corrected chi connectivity index (χ3v) is 3.46. The zero-order valence-electron chi connectivity index (χ0n) is 10.6. The molecule has 1 aromatic rings. The van der Waals surface area contributed by atoms with Crippen molar-refractivity contribution < 1.29 is 9.90 Å². The molecule has 1 atom stereocenters. The molecule has 0 bridgehead atoms. The third-order valence-electron chi connectivity index (χ3n) is 2.89. The van der Waals surface area contributed by atoms with E-state index >= 15 is 0 Å². The molecular weight excluding hydrogens is 311 g/mol. The number of benzene rings is 1. The van der Waals surface area contributed by atoms with E-state index in [-0.39, 0.29) is 17.0 Å². The maximum atomic E-state index is 10.3. The van der Waals surface area contributed by atoms with Gasteiger partial charge in [0.15, 0.2) is 0 Å². The molecule has 0 aliphatic heterocycles. The van der Waals surface area contributed by atoms with Crippen molar-refractivity contribution in [3.05, 3.63) is 29.8 Å². The van der Waals surface area contributed by atoms with Crippen LogP contribution < -0.4 is 5.30 Å². The van der Waals surface area contributed by atoms with Crippen molar-refractivity contribution in [1.29, 1.82) is 0 Å². The van der Waals surface area contributed by atoms with Crippen molar-refractivity contribution >= 4 is 37.5 Å². The SMILES string of the molecule is Br.O=C(O)CCCCCCCc1ccccc1P. The highest BCUT2D eigenvalue weighted by Crippen LogP contribution is 2.10. The molecule has 0 saturated carbocycles. The molecular formula is C14H22BrO2P. The lowest BCUT2D eigenvalue weighted by atomic mass is 10.0. The Kier molecular flexibility index (Phi) is 10.3. The van der Waals surface area contributed by atoms with Crippen LogP contribution in [0.3, 0.4) is 0 Å². The number of halogens is 1. The van der Waals surface area contributed by atoms with Crippen molar-refractivity contribution in [1.82, 2.24) is 0 Å². The lowest BCUT2D eigenvalue weighted by Gasteiger charge is -2.04. The Morgan fingerprint density at radius 1 is 1.06 bits per heavy atom. The van der Waals surface area contributed by atoms with E-state index in [1.807, 2.05) is 0 Å². The normalized spacial score (nSPS) is 9.83. The van der Waals surface area contributed by atoms with Crippen LogP contribution in [-0.2, 0) is 11.2 Å². The minimum atomic E-state index is -0.679. The second-order valence-electron chi connectivity index (χ2n) is 4.36. The standard InChI is InChI=1S/C14H21O2P.BrH/c15-14(16)11-5-3-1-2-4-8-12-9-6-7-10-13(12)17;/h6-7,9-10H,1-5,8,11,17H2,(H,15,16);1H. The number of unbranched alkanes of at least 4 members (excludes halogenated alkanes) is 4. The Balaban J connectivity index is 0.00000289. The van der Waals surface area contributed by atoms with Gasteiger partial charge in [0, 0.05) is 6.42 Å². The van der Waals surface area contributed by atoms with E-state index in [4.69, 9.17) is 5.11 Å². The lowest BCUT2D eigenvalue weighted by molar-refractivity contribution is -0.137. The van der Waals surface area contributed by atoms with Gasteiger partial charge >= 0.3 is 5.97 Å². The van der Waals surface area contributed by atoms with Crippen molar-refractivity contribution in [2.75, 3.05) is 0 Å². The van der Waals surface area contributed by atoms with Gasteiger partial charge in [0.1, 0.15) is 0 Å². The first-order valence-corrected chi connectivity index (χ1v) is 6.83. The van der Waals surface area contributed by atoms with Crippen LogP contribution in [-0.4, -0.2) is 11.1 Å². The summed E-state index contributed by atoms with van der Waals surface area (Å²) >= 11 is 0. The van der Waals surface area contributed by atoms with E-state index in [1.54, 1.807) is 0 Å². The first-order valence-electron chi connectivity index (χ1n) is 6.25. The monoisotopic (exact) mass is 332 g/mol. The van der Waals surface area contributed by atoms with E-state index in [9.17, 15) is 4.79 Å². The average molecular weight is 333 g/mol. The molecule has 1 rings (SSSR count). The molecule has 1 N–H and O–H groups in total. The van der Waals surface area contributed by atoms with Gasteiger partial charge < -0.3 is 5.11 Å². The minimum absolute atomic E-state index is 0. The summed E-state index contributed by atoms with van der Waals surface area (Å²) in [6, 6.07) is 8.42. The number of hydrogen-bond donors (Lipinski definition) is 1. The van der Waals surface area contributed by atoms with Gasteiger partial charge in [-0.1, -0.05) is 43.5 Å². The number of carboxylic acids is 1. The number of aryl methyl sites for hydroxylation is 1. The van der Waals surface area contributed by atoms with Gasteiger partial charge in [-0.15, -0.1) is 26.2 Å². The Hall–Kier alpha value is -0.400. The Morgan fingerprint density at radius 2 is 1.67 bits per heavy atom. The second-order valence-corrected chi connectivity index (χ2v) is 4.98. The van der Waals surface area contributed by atoms with Crippen molar-refractivity contribution in [2.45, 2.75) is 44.9 Å². The van der Waals surface area contributed by atoms with Crippen LogP contribution in [0.5, 0.6) is 0 Å². The Labute approximate surface area is 122 Å². The van der Waals surface area contributed by atoms with Gasteiger partial charge in [-0.25, -0.2) is 0 Å². The zero-order valence-corrected chi connectivity index (χ0v) is 13.5. The van der Waals surface area contributed by atoms with Crippen LogP contribution in [0.15, 0.2) is 24.3 Å². The summed E-state index contributed by atoms with van der Waals surface area (Å²) in [5.74, 6) is -0.679. The highest BCUT2D eigenvalue weighted by atomic mass is 79.9. The van der Waals surface area contributed by atoms with E-state index in [2.05, 4.69) is 33.5 Å². The molecule has 0 aliphatic carbocycles. The summed E-state index contributed by atoms with van der Waals surface area (Å²) in [6.45, 7) is 0. The fraction of sp³-hybridized carbons (Fsp3) is 0.500. The maximum Gasteiger partial charge on any atom is 0.303 e. The topological polar surface area (TPSA) is 37.3 Å². The van der Waals surface area contributed by atoms with Crippen LogP contribution >= 0.6 is 26.2 Å². The average Bonchev–Trinajstić information content (AvgIpc) is 2.30. The van der Waals surface area contributed by atoms with Crippen LogP contribution in [0.25, 0.3) is 0 Å². The van der Waals surface area contributed by atoms with Crippen LogP contribution in [0.4, 0.5) is 0 Å². The zero-order chi connectivity index (χ0) is 12.5. The Bertz CT molecular complexity index is 355. The molecule has 4 heteroatoms. The van der Waals surface area contributed by atoms with Gasteiger partial charge in [0.25, 0.3) is 0 Å². The smallest absolute Gasteiger partial charge is 0.303 e. The van der Waals surface area contributed by atoms with Gasteiger partial charge in [-0.05, 0) is 30.1 Å². The molecule has 1 aromatic carbocycles. The Morgan fingerprint density at radius 3 is 2.33 bits per heavy atom. The van der Waals surface area contributed by atoms with Gasteiger partial charge in [-0.2, -0.15) is 0 Å². The molecule has 0 heterocycles. The number of carboxylic acid groups (broad SMARTS) is 1. The predicted octanol–water partition coefficient (Wildman–Crippen LogP) is 3.73. The van der Waals surface area contributed by atoms with Gasteiger partial charge in [-0.3, -0.25) is 4.79 Å². The number of aliphatic carboxylic acids is 1. The highest BCUT2D eigenvalue weighted by molar-refractivity contribution is 8.93. The molecule has 0 aliphatic rings. The molecule has 0 aromatic heterocycles. The molecule has 0 amide bonds. The molecule has 0 spiro atoms. The van der Waals surface area contributed by atoms with Gasteiger partial charge in [0.05, 0.1) is 0 Å². The first kappa shape index (κ1) is 17.6. The molecule has 102 valence electrons. The first-order chi connectivity index (χ1) is 8.20. The summed E-state index contributed by atoms with van der Waals surface area (Å²) in [6.07, 6.45) is 6.82. The van der Waals surface area contributed by atoms with Crippen molar-refractivity contribution in [3.63, 3.8) is 0 Å². The summed E-state index contributed by atoms with van der Waals surface area (Å²) in [5.41, 5.74) is 1.41. The second kappa shape index (κ2) is 10.5. The van der Waals surface area contributed by atoms with E-state index in [0.717, 1.165) is 25.7 Å². The van der Waals surface area contributed by atoms with Crippen LogP contribution in [0, 0.1) is 0 Å². The lowest BCUT2D eigenvalue weighted by Crippen LogP contribution is -2.00. The van der Waals surface area contributed by atoms with Gasteiger partial charge in [0.2, 0.25) is 0 Å². The van der Waals surface area contributed by atoms with E-state index in [1.165, 1.54) is 23.7 Å². The van der Waals surface area contributed by atoms with Crippen molar-refractivity contribution in [2.24, 2.45) is 0 Å². The number of hydrogen-bond acceptors (Lipinski definition) is 1. The van der Waals surface area contributed by atoms with E-state index < -0.39 is 5.97 Å². The molecule has 0 fully saturated rings. The molecule has 1 unspecified atom stereocenters. The molecule has 0 saturated heterocycles. The summed E-state index contributed by atoms with van der Waals surface area (Å²) in [4.78, 5) is 10.3. The molecule has 2 nitrogen and oxygen atoms in total. The number of carbonyl (C=O) groups is 1. The molecule has 18 heavy (non-hydrogen) atoms. The van der Waals surface area contributed by atoms with Crippen LogP contribution in [0.1, 0.15) is 44.1 Å². The summed E-state index contributed by atoms with van der Waals surface area (Å²) in [7, 11) is 2.77. The van der Waals surface area contributed by atoms with Crippen molar-refractivity contribution in [3.8, 4) is 0 Å². The fourth-order valence-corrected chi connectivity index (χ4v) is 2.24. The maximum absolute atomic E-state index is 10.3. The third kappa shape index (κ3) is 7.84. The number of rotatable bonds is 8.